The van der Waals surface area contributed by atoms with Crippen molar-refractivity contribution in [3.63, 3.8) is 0 Å². The fraction of sp³-hybridized carbons (Fsp3) is 0.222. The van der Waals surface area contributed by atoms with E-state index in [2.05, 4.69) is 15.9 Å². The number of aliphatic carboxylic acids is 1. The molecule has 0 amide bonds. The number of benzene rings is 1. The molecule has 0 saturated heterocycles. The lowest BCUT2D eigenvalue weighted by molar-refractivity contribution is -0.157. The van der Waals surface area contributed by atoms with Gasteiger partial charge in [-0.15, -0.1) is 0 Å². The molecule has 0 aromatic heterocycles. The standard InChI is InChI=1S/C9H9BrO3/c1-9(13,8(11)12)6-4-2-3-5-7(6)10/h2-5,13H,1H3,(H,11,12). The van der Waals surface area contributed by atoms with Crippen LogP contribution in [-0.4, -0.2) is 16.2 Å². The molecule has 1 aromatic carbocycles. The van der Waals surface area contributed by atoms with E-state index >= 15 is 0 Å². The second kappa shape index (κ2) is 3.47. The minimum absolute atomic E-state index is 0.350. The Morgan fingerprint density at radius 2 is 2.00 bits per heavy atom. The van der Waals surface area contributed by atoms with Gasteiger partial charge in [-0.3, -0.25) is 0 Å². The molecule has 1 aromatic rings. The van der Waals surface area contributed by atoms with E-state index in [-0.39, 0.29) is 0 Å². The SMILES string of the molecule is CC(O)(C(=O)O)c1ccccc1Br. The van der Waals surface area contributed by atoms with Crippen molar-refractivity contribution in [2.24, 2.45) is 0 Å². The lowest BCUT2D eigenvalue weighted by Gasteiger charge is -2.19. The summed E-state index contributed by atoms with van der Waals surface area (Å²) in [6, 6.07) is 6.69. The van der Waals surface area contributed by atoms with Crippen LogP contribution in [0, 0.1) is 0 Å². The molecule has 0 aliphatic heterocycles. The monoisotopic (exact) mass is 244 g/mol. The molecular weight excluding hydrogens is 236 g/mol. The first kappa shape index (κ1) is 10.2. The van der Waals surface area contributed by atoms with E-state index in [1.165, 1.54) is 6.92 Å². The van der Waals surface area contributed by atoms with Gasteiger partial charge in [-0.05, 0) is 13.0 Å². The third kappa shape index (κ3) is 1.89. The molecule has 0 spiro atoms. The average Bonchev–Trinajstić information content (AvgIpc) is 2.04. The molecule has 0 saturated carbocycles. The summed E-state index contributed by atoms with van der Waals surface area (Å²) in [5.41, 5.74) is -1.50. The lowest BCUT2D eigenvalue weighted by Crippen LogP contribution is -2.32. The van der Waals surface area contributed by atoms with Crippen LogP contribution in [0.4, 0.5) is 0 Å². The zero-order valence-electron chi connectivity index (χ0n) is 6.99. The molecule has 0 aliphatic carbocycles. The Morgan fingerprint density at radius 1 is 1.46 bits per heavy atom. The van der Waals surface area contributed by atoms with Gasteiger partial charge in [0.15, 0.2) is 5.60 Å². The molecule has 0 radical (unpaired) electrons. The number of carboxylic acids is 1. The Labute approximate surface area is 84.1 Å². The van der Waals surface area contributed by atoms with Crippen LogP contribution < -0.4 is 0 Å². The van der Waals surface area contributed by atoms with Gasteiger partial charge in [-0.25, -0.2) is 4.79 Å². The molecule has 70 valence electrons. The highest BCUT2D eigenvalue weighted by molar-refractivity contribution is 9.10. The topological polar surface area (TPSA) is 57.5 Å². The van der Waals surface area contributed by atoms with Crippen molar-refractivity contribution in [1.82, 2.24) is 0 Å². The van der Waals surface area contributed by atoms with Crippen LogP contribution in [0.2, 0.25) is 0 Å². The maximum absolute atomic E-state index is 10.7. The van der Waals surface area contributed by atoms with Gasteiger partial charge in [-0.2, -0.15) is 0 Å². The third-order valence-corrected chi connectivity index (χ3v) is 2.51. The highest BCUT2D eigenvalue weighted by Gasteiger charge is 2.33. The quantitative estimate of drug-likeness (QED) is 0.834. The predicted molar refractivity (Wildman–Crippen MR) is 51.3 cm³/mol. The van der Waals surface area contributed by atoms with Gasteiger partial charge in [0.2, 0.25) is 0 Å². The molecule has 4 heteroatoms. The molecule has 0 heterocycles. The molecule has 2 N–H and O–H groups in total. The van der Waals surface area contributed by atoms with E-state index in [9.17, 15) is 9.90 Å². The predicted octanol–water partition coefficient (Wildman–Crippen LogP) is 1.74. The lowest BCUT2D eigenvalue weighted by atomic mass is 9.96. The van der Waals surface area contributed by atoms with Crippen molar-refractivity contribution >= 4 is 21.9 Å². The van der Waals surface area contributed by atoms with Crippen molar-refractivity contribution < 1.29 is 15.0 Å². The Bertz CT molecular complexity index is 333. The molecule has 0 bridgehead atoms. The van der Waals surface area contributed by atoms with Crippen molar-refractivity contribution in [2.75, 3.05) is 0 Å². The normalized spacial score (nSPS) is 15.0. The Hall–Kier alpha value is -0.870. The summed E-state index contributed by atoms with van der Waals surface area (Å²) >= 11 is 3.18. The number of halogens is 1. The van der Waals surface area contributed by atoms with E-state index in [4.69, 9.17) is 5.11 Å². The smallest absolute Gasteiger partial charge is 0.340 e. The number of carbonyl (C=O) groups is 1. The van der Waals surface area contributed by atoms with Crippen LogP contribution in [0.15, 0.2) is 28.7 Å². The van der Waals surface area contributed by atoms with Gasteiger partial charge in [0.05, 0.1) is 0 Å². The zero-order chi connectivity index (χ0) is 10.1. The first-order chi connectivity index (χ1) is 5.96. The Morgan fingerprint density at radius 3 is 2.46 bits per heavy atom. The molecule has 13 heavy (non-hydrogen) atoms. The van der Waals surface area contributed by atoms with Crippen LogP contribution >= 0.6 is 15.9 Å². The van der Waals surface area contributed by atoms with Crippen LogP contribution in [-0.2, 0) is 10.4 Å². The van der Waals surface area contributed by atoms with Crippen molar-refractivity contribution in [1.29, 1.82) is 0 Å². The van der Waals surface area contributed by atoms with Crippen LogP contribution in [0.1, 0.15) is 12.5 Å². The minimum atomic E-state index is -1.85. The molecule has 1 atom stereocenters. The maximum Gasteiger partial charge on any atom is 0.340 e. The zero-order valence-corrected chi connectivity index (χ0v) is 8.58. The summed E-state index contributed by atoms with van der Waals surface area (Å²) < 4.78 is 0.586. The van der Waals surface area contributed by atoms with Crippen LogP contribution in [0.3, 0.4) is 0 Å². The van der Waals surface area contributed by atoms with Gasteiger partial charge < -0.3 is 10.2 Å². The van der Waals surface area contributed by atoms with Gasteiger partial charge in [0.25, 0.3) is 0 Å². The van der Waals surface area contributed by atoms with Crippen molar-refractivity contribution in [2.45, 2.75) is 12.5 Å². The van der Waals surface area contributed by atoms with E-state index in [1.807, 2.05) is 0 Å². The largest absolute Gasteiger partial charge is 0.479 e. The van der Waals surface area contributed by atoms with E-state index in [1.54, 1.807) is 24.3 Å². The average molecular weight is 245 g/mol. The summed E-state index contributed by atoms with van der Waals surface area (Å²) in [4.78, 5) is 10.7. The summed E-state index contributed by atoms with van der Waals surface area (Å²) in [5.74, 6) is -1.26. The van der Waals surface area contributed by atoms with Gasteiger partial charge in [0.1, 0.15) is 0 Å². The maximum atomic E-state index is 10.7. The van der Waals surface area contributed by atoms with Gasteiger partial charge >= 0.3 is 5.97 Å². The summed E-state index contributed by atoms with van der Waals surface area (Å²) in [6.07, 6.45) is 0. The van der Waals surface area contributed by atoms with E-state index < -0.39 is 11.6 Å². The second-order valence-electron chi connectivity index (χ2n) is 2.86. The molecular formula is C9H9BrO3. The first-order valence-corrected chi connectivity index (χ1v) is 4.46. The first-order valence-electron chi connectivity index (χ1n) is 3.67. The summed E-state index contributed by atoms with van der Waals surface area (Å²) in [5, 5.41) is 18.4. The fourth-order valence-corrected chi connectivity index (χ4v) is 1.64. The molecule has 0 aliphatic rings. The highest BCUT2D eigenvalue weighted by atomic mass is 79.9. The fourth-order valence-electron chi connectivity index (χ4n) is 0.971. The molecule has 1 unspecified atom stereocenters. The summed E-state index contributed by atoms with van der Waals surface area (Å²) in [7, 11) is 0. The summed E-state index contributed by atoms with van der Waals surface area (Å²) in [6.45, 7) is 1.25. The molecule has 3 nitrogen and oxygen atoms in total. The molecule has 1 rings (SSSR count). The minimum Gasteiger partial charge on any atom is -0.479 e. The van der Waals surface area contributed by atoms with Gasteiger partial charge in [0, 0.05) is 10.0 Å². The van der Waals surface area contributed by atoms with E-state index in [0.29, 0.717) is 10.0 Å². The highest BCUT2D eigenvalue weighted by Crippen LogP contribution is 2.27. The van der Waals surface area contributed by atoms with Crippen LogP contribution in [0.25, 0.3) is 0 Å². The number of aliphatic hydroxyl groups is 1. The van der Waals surface area contributed by atoms with Gasteiger partial charge in [-0.1, -0.05) is 34.1 Å². The molecule has 0 fully saturated rings. The number of carboxylic acid groups (broad SMARTS) is 1. The van der Waals surface area contributed by atoms with Crippen molar-refractivity contribution in [3.8, 4) is 0 Å². The van der Waals surface area contributed by atoms with Crippen molar-refractivity contribution in [3.05, 3.63) is 34.3 Å². The van der Waals surface area contributed by atoms with Crippen LogP contribution in [0.5, 0.6) is 0 Å². The Kier molecular flexibility index (Phi) is 2.73. The second-order valence-corrected chi connectivity index (χ2v) is 3.71. The Balaban J connectivity index is 3.22. The van der Waals surface area contributed by atoms with E-state index in [0.717, 1.165) is 0 Å². The number of hydrogen-bond acceptors (Lipinski definition) is 2. The third-order valence-electron chi connectivity index (χ3n) is 1.81. The number of rotatable bonds is 2. The number of hydrogen-bond donors (Lipinski definition) is 2.